The van der Waals surface area contributed by atoms with Gasteiger partial charge in [-0.15, -0.1) is 0 Å². The zero-order chi connectivity index (χ0) is 14.5. The molecule has 1 atom stereocenters. The Hall–Kier alpha value is -2.10. The summed E-state index contributed by atoms with van der Waals surface area (Å²) in [5, 5.41) is 14.2. The predicted molar refractivity (Wildman–Crippen MR) is 86.2 cm³/mol. The molecule has 0 aliphatic heterocycles. The van der Waals surface area contributed by atoms with Crippen molar-refractivity contribution in [3.63, 3.8) is 0 Å². The highest BCUT2D eigenvalue weighted by atomic mass is 16.3. The minimum absolute atomic E-state index is 0.0672. The lowest BCUT2D eigenvalue weighted by atomic mass is 10.1. The highest BCUT2D eigenvalue weighted by Gasteiger charge is 2.09. The molecule has 0 amide bonds. The van der Waals surface area contributed by atoms with Crippen molar-refractivity contribution in [2.75, 3.05) is 6.61 Å². The van der Waals surface area contributed by atoms with Crippen molar-refractivity contribution in [2.24, 2.45) is 0 Å². The number of benzene rings is 2. The van der Waals surface area contributed by atoms with Gasteiger partial charge in [-0.3, -0.25) is 0 Å². The molecule has 108 valence electrons. The van der Waals surface area contributed by atoms with Gasteiger partial charge in [0, 0.05) is 24.3 Å². The first-order valence-corrected chi connectivity index (χ1v) is 7.30. The Morgan fingerprint density at radius 2 is 1.86 bits per heavy atom. The largest absolute Gasteiger partial charge is 0.395 e. The van der Waals surface area contributed by atoms with Crippen LogP contribution in [0.25, 0.3) is 10.9 Å². The molecular weight excluding hydrogens is 260 g/mol. The summed E-state index contributed by atoms with van der Waals surface area (Å²) in [4.78, 5) is 3.28. The molecule has 3 N–H and O–H groups in total. The Bertz CT molecular complexity index is 691. The summed E-state index contributed by atoms with van der Waals surface area (Å²) in [6.07, 6.45) is 2.79. The Kier molecular flexibility index (Phi) is 4.34. The number of hydrogen-bond donors (Lipinski definition) is 3. The Labute approximate surface area is 124 Å². The summed E-state index contributed by atoms with van der Waals surface area (Å²) in [7, 11) is 0. The molecule has 0 unspecified atom stereocenters. The third kappa shape index (κ3) is 3.32. The summed E-state index contributed by atoms with van der Waals surface area (Å²) >= 11 is 0. The first-order chi connectivity index (χ1) is 10.4. The number of aliphatic hydroxyl groups excluding tert-OH is 1. The molecule has 0 saturated heterocycles. The zero-order valence-corrected chi connectivity index (χ0v) is 11.9. The quantitative estimate of drug-likeness (QED) is 0.650. The Balaban J connectivity index is 1.66. The van der Waals surface area contributed by atoms with Crippen molar-refractivity contribution in [3.8, 4) is 0 Å². The molecule has 0 bridgehead atoms. The lowest BCUT2D eigenvalue weighted by Gasteiger charge is -2.16. The summed E-state index contributed by atoms with van der Waals surface area (Å²) in [5.41, 5.74) is 3.63. The summed E-state index contributed by atoms with van der Waals surface area (Å²) in [6, 6.07) is 18.7. The lowest BCUT2D eigenvalue weighted by Crippen LogP contribution is -2.34. The predicted octanol–water partition coefficient (Wildman–Crippen LogP) is 2.86. The minimum atomic E-state index is 0.0672. The van der Waals surface area contributed by atoms with Crippen LogP contribution in [0.3, 0.4) is 0 Å². The van der Waals surface area contributed by atoms with E-state index in [1.807, 2.05) is 24.4 Å². The maximum absolute atomic E-state index is 9.57. The van der Waals surface area contributed by atoms with Crippen LogP contribution in [0.2, 0.25) is 0 Å². The smallest absolute Gasteiger partial charge is 0.0587 e. The third-order valence-corrected chi connectivity index (χ3v) is 3.80. The molecule has 21 heavy (non-hydrogen) atoms. The van der Waals surface area contributed by atoms with E-state index in [4.69, 9.17) is 0 Å². The van der Waals surface area contributed by atoms with Crippen LogP contribution < -0.4 is 5.32 Å². The standard InChI is InChI=1S/C18H20N2O/c21-13-17(11-14-5-2-1-3-6-14)20-12-16-8-4-7-15-9-10-19-18(15)16/h1-10,17,19-21H,11-13H2/t17-/m0/s1. The molecule has 3 nitrogen and oxygen atoms in total. The summed E-state index contributed by atoms with van der Waals surface area (Å²) < 4.78 is 0. The van der Waals surface area contributed by atoms with E-state index in [2.05, 4.69) is 46.7 Å². The van der Waals surface area contributed by atoms with Crippen LogP contribution in [0.15, 0.2) is 60.8 Å². The van der Waals surface area contributed by atoms with Gasteiger partial charge in [0.2, 0.25) is 0 Å². The van der Waals surface area contributed by atoms with E-state index in [1.165, 1.54) is 22.0 Å². The van der Waals surface area contributed by atoms with Gasteiger partial charge in [0.15, 0.2) is 0 Å². The molecule has 2 aromatic carbocycles. The van der Waals surface area contributed by atoms with Crippen LogP contribution >= 0.6 is 0 Å². The van der Waals surface area contributed by atoms with Crippen LogP contribution in [0.4, 0.5) is 0 Å². The average molecular weight is 280 g/mol. The number of rotatable bonds is 6. The number of aliphatic hydroxyl groups is 1. The van der Waals surface area contributed by atoms with Gasteiger partial charge in [0.25, 0.3) is 0 Å². The van der Waals surface area contributed by atoms with Crippen molar-refractivity contribution in [1.29, 1.82) is 0 Å². The van der Waals surface area contributed by atoms with E-state index >= 15 is 0 Å². The normalized spacial score (nSPS) is 12.6. The number of para-hydroxylation sites is 1. The highest BCUT2D eigenvalue weighted by Crippen LogP contribution is 2.17. The van der Waals surface area contributed by atoms with Gasteiger partial charge in [0.1, 0.15) is 0 Å². The zero-order valence-electron chi connectivity index (χ0n) is 11.9. The lowest BCUT2D eigenvalue weighted by molar-refractivity contribution is 0.241. The van der Waals surface area contributed by atoms with Crippen LogP contribution in [-0.4, -0.2) is 22.7 Å². The van der Waals surface area contributed by atoms with E-state index in [0.717, 1.165) is 13.0 Å². The number of fused-ring (bicyclic) bond motifs is 1. The monoisotopic (exact) mass is 280 g/mol. The van der Waals surface area contributed by atoms with Crippen molar-refractivity contribution in [1.82, 2.24) is 10.3 Å². The van der Waals surface area contributed by atoms with Crippen LogP contribution in [0, 0.1) is 0 Å². The SMILES string of the molecule is OC[C@H](Cc1ccccc1)NCc1cccc2cc[nH]c12. The minimum Gasteiger partial charge on any atom is -0.395 e. The maximum Gasteiger partial charge on any atom is 0.0587 e. The van der Waals surface area contributed by atoms with E-state index in [9.17, 15) is 5.11 Å². The fraction of sp³-hybridized carbons (Fsp3) is 0.222. The second-order valence-electron chi connectivity index (χ2n) is 5.31. The van der Waals surface area contributed by atoms with E-state index < -0.39 is 0 Å². The molecule has 1 heterocycles. The van der Waals surface area contributed by atoms with Crippen molar-refractivity contribution < 1.29 is 5.11 Å². The van der Waals surface area contributed by atoms with Crippen molar-refractivity contribution in [2.45, 2.75) is 19.0 Å². The van der Waals surface area contributed by atoms with Gasteiger partial charge < -0.3 is 15.4 Å². The number of H-pyrrole nitrogens is 1. The molecule has 0 fully saturated rings. The molecule has 3 rings (SSSR count). The van der Waals surface area contributed by atoms with Gasteiger partial charge in [-0.25, -0.2) is 0 Å². The molecule has 0 saturated carbocycles. The Morgan fingerprint density at radius 1 is 1.00 bits per heavy atom. The second-order valence-corrected chi connectivity index (χ2v) is 5.31. The van der Waals surface area contributed by atoms with Crippen molar-refractivity contribution >= 4 is 10.9 Å². The van der Waals surface area contributed by atoms with Crippen LogP contribution in [0.5, 0.6) is 0 Å². The van der Waals surface area contributed by atoms with E-state index in [1.54, 1.807) is 0 Å². The van der Waals surface area contributed by atoms with Gasteiger partial charge in [-0.2, -0.15) is 0 Å². The number of nitrogens with one attached hydrogen (secondary N) is 2. The molecule has 3 aromatic rings. The van der Waals surface area contributed by atoms with E-state index in [0.29, 0.717) is 0 Å². The van der Waals surface area contributed by atoms with Crippen LogP contribution in [-0.2, 0) is 13.0 Å². The topological polar surface area (TPSA) is 48.0 Å². The number of aromatic amines is 1. The summed E-state index contributed by atoms with van der Waals surface area (Å²) in [5.74, 6) is 0. The fourth-order valence-corrected chi connectivity index (χ4v) is 2.65. The van der Waals surface area contributed by atoms with Gasteiger partial charge >= 0.3 is 0 Å². The first kappa shape index (κ1) is 13.9. The molecule has 0 aliphatic rings. The molecule has 0 aliphatic carbocycles. The number of aromatic nitrogens is 1. The summed E-state index contributed by atoms with van der Waals surface area (Å²) in [6.45, 7) is 0.880. The molecular formula is C18H20N2O. The fourth-order valence-electron chi connectivity index (χ4n) is 2.65. The third-order valence-electron chi connectivity index (χ3n) is 3.80. The molecule has 1 aromatic heterocycles. The van der Waals surface area contributed by atoms with E-state index in [-0.39, 0.29) is 12.6 Å². The van der Waals surface area contributed by atoms with Gasteiger partial charge in [0.05, 0.1) is 6.61 Å². The first-order valence-electron chi connectivity index (χ1n) is 7.30. The van der Waals surface area contributed by atoms with Crippen LogP contribution in [0.1, 0.15) is 11.1 Å². The Morgan fingerprint density at radius 3 is 2.67 bits per heavy atom. The number of hydrogen-bond acceptors (Lipinski definition) is 2. The highest BCUT2D eigenvalue weighted by molar-refractivity contribution is 5.82. The second kappa shape index (κ2) is 6.57. The van der Waals surface area contributed by atoms with Gasteiger partial charge in [-0.05, 0) is 29.0 Å². The van der Waals surface area contributed by atoms with Gasteiger partial charge in [-0.1, -0.05) is 48.5 Å². The molecule has 0 spiro atoms. The van der Waals surface area contributed by atoms with Crippen molar-refractivity contribution in [3.05, 3.63) is 71.9 Å². The maximum atomic E-state index is 9.57. The average Bonchev–Trinajstić information content (AvgIpc) is 3.01. The molecule has 3 heteroatoms. The molecule has 0 radical (unpaired) electrons.